The lowest BCUT2D eigenvalue weighted by molar-refractivity contribution is -0.122. The summed E-state index contributed by atoms with van der Waals surface area (Å²) in [4.78, 5) is 41.9. The topological polar surface area (TPSA) is 130 Å². The molecule has 2 aromatic heterocycles. The van der Waals surface area contributed by atoms with Crippen LogP contribution in [0.3, 0.4) is 0 Å². The van der Waals surface area contributed by atoms with E-state index in [4.69, 9.17) is 5.73 Å². The average Bonchev–Trinajstić information content (AvgIpc) is 3.22. The summed E-state index contributed by atoms with van der Waals surface area (Å²) in [6.07, 6.45) is 1.26. The van der Waals surface area contributed by atoms with Crippen molar-refractivity contribution in [3.8, 4) is 11.1 Å². The number of carbonyl (C=O) groups is 2. The Kier molecular flexibility index (Phi) is 6.00. The summed E-state index contributed by atoms with van der Waals surface area (Å²) in [5.74, 6) is -4.90. The highest BCUT2D eigenvalue weighted by molar-refractivity contribution is 5.91. The van der Waals surface area contributed by atoms with Crippen molar-refractivity contribution < 1.29 is 27.9 Å². The van der Waals surface area contributed by atoms with Crippen LogP contribution in [0.5, 0.6) is 0 Å². The summed E-state index contributed by atoms with van der Waals surface area (Å²) in [6.45, 7) is 2.06. The third kappa shape index (κ3) is 4.19. The second kappa shape index (κ2) is 8.78. The molecule has 0 aliphatic carbocycles. The number of halogens is 3. The first-order valence-electron chi connectivity index (χ1n) is 10.3. The van der Waals surface area contributed by atoms with E-state index in [0.29, 0.717) is 23.4 Å². The van der Waals surface area contributed by atoms with Gasteiger partial charge in [0, 0.05) is 36.3 Å². The lowest BCUT2D eigenvalue weighted by Crippen LogP contribution is -2.45. The molecule has 4 rings (SSSR count). The summed E-state index contributed by atoms with van der Waals surface area (Å²) in [5.41, 5.74) is 3.22. The van der Waals surface area contributed by atoms with Gasteiger partial charge in [-0.25, -0.2) is 22.9 Å². The van der Waals surface area contributed by atoms with E-state index in [1.54, 1.807) is 4.90 Å². The number of nitrogens with one attached hydrogen (secondary N) is 1. The van der Waals surface area contributed by atoms with Crippen LogP contribution in [0.25, 0.3) is 16.8 Å². The molecule has 2 atom stereocenters. The molecule has 1 aromatic carbocycles. The number of aromatic carboxylic acids is 1. The van der Waals surface area contributed by atoms with Gasteiger partial charge in [0.1, 0.15) is 22.8 Å². The van der Waals surface area contributed by atoms with E-state index in [1.807, 2.05) is 0 Å². The van der Waals surface area contributed by atoms with E-state index in [2.05, 4.69) is 10.3 Å². The summed E-state index contributed by atoms with van der Waals surface area (Å²) in [6, 6.07) is 2.55. The fourth-order valence-corrected chi connectivity index (χ4v) is 3.87. The Morgan fingerprint density at radius 2 is 1.94 bits per heavy atom. The van der Waals surface area contributed by atoms with Gasteiger partial charge in [0.25, 0.3) is 5.56 Å². The van der Waals surface area contributed by atoms with Crippen LogP contribution in [0.4, 0.5) is 19.0 Å². The third-order valence-corrected chi connectivity index (χ3v) is 5.57. The van der Waals surface area contributed by atoms with Crippen molar-refractivity contribution in [3.63, 3.8) is 0 Å². The van der Waals surface area contributed by atoms with Crippen LogP contribution in [0.15, 0.2) is 35.3 Å². The molecule has 1 unspecified atom stereocenters. The first-order valence-corrected chi connectivity index (χ1v) is 10.3. The minimum absolute atomic E-state index is 0.128. The molecule has 0 bridgehead atoms. The van der Waals surface area contributed by atoms with Gasteiger partial charge >= 0.3 is 5.97 Å². The van der Waals surface area contributed by atoms with Crippen LogP contribution in [0.2, 0.25) is 0 Å². The second-order valence-electron chi connectivity index (χ2n) is 8.04. The molecular weight excluding hydrogens is 455 g/mol. The Labute approximate surface area is 190 Å². The minimum Gasteiger partial charge on any atom is -0.477 e. The van der Waals surface area contributed by atoms with Crippen molar-refractivity contribution in [2.24, 2.45) is 5.73 Å². The van der Waals surface area contributed by atoms with Crippen molar-refractivity contribution in [3.05, 3.63) is 63.8 Å². The van der Waals surface area contributed by atoms with Crippen LogP contribution >= 0.6 is 0 Å². The largest absolute Gasteiger partial charge is 0.477 e. The normalized spacial score (nSPS) is 16.6. The standard InChI is InChI=1S/C22H20F3N5O4/c1-10(26)20(31)27-12-4-5-29(8-12)19-17(25)9-30-18(28-19)14(7-15(21(30)32)22(33)34)13-3-2-11(23)6-16(13)24/h2-3,6-7,9-10,12H,4-5,8,26H2,1H3,(H,27,31)(H,33,34)/t10?,12-/m0/s1. The number of nitrogens with zero attached hydrogens (tertiary/aromatic N) is 3. The number of fused-ring (bicyclic) bond motifs is 1. The van der Waals surface area contributed by atoms with E-state index in [0.717, 1.165) is 24.4 Å². The number of amides is 1. The Morgan fingerprint density at radius 3 is 2.59 bits per heavy atom. The molecule has 1 aliphatic heterocycles. The van der Waals surface area contributed by atoms with E-state index in [-0.39, 0.29) is 41.1 Å². The quantitative estimate of drug-likeness (QED) is 0.510. The number of aromatic nitrogens is 2. The second-order valence-corrected chi connectivity index (χ2v) is 8.04. The number of carboxylic acid groups (broad SMARTS) is 1. The molecule has 1 fully saturated rings. The SMILES string of the molecule is CC(N)C(=O)N[C@H]1CCN(c2nc3c(-c4ccc(F)cc4F)cc(C(=O)O)c(=O)n3cc2F)C1. The average molecular weight is 475 g/mol. The number of carbonyl (C=O) groups excluding carboxylic acids is 1. The van der Waals surface area contributed by atoms with Crippen LogP contribution in [-0.2, 0) is 4.79 Å². The van der Waals surface area contributed by atoms with Gasteiger partial charge in [0.05, 0.1) is 12.2 Å². The molecule has 178 valence electrons. The number of rotatable bonds is 5. The van der Waals surface area contributed by atoms with Crippen molar-refractivity contribution in [2.45, 2.75) is 25.4 Å². The van der Waals surface area contributed by atoms with Gasteiger partial charge in [0.2, 0.25) is 5.91 Å². The van der Waals surface area contributed by atoms with Gasteiger partial charge in [-0.3, -0.25) is 14.0 Å². The Morgan fingerprint density at radius 1 is 1.21 bits per heavy atom. The number of anilines is 1. The first kappa shape index (κ1) is 23.2. The fourth-order valence-electron chi connectivity index (χ4n) is 3.87. The molecule has 1 aliphatic rings. The molecule has 4 N–H and O–H groups in total. The predicted molar refractivity (Wildman–Crippen MR) is 116 cm³/mol. The Balaban J connectivity index is 1.85. The molecule has 3 aromatic rings. The summed E-state index contributed by atoms with van der Waals surface area (Å²) >= 11 is 0. The highest BCUT2D eigenvalue weighted by atomic mass is 19.1. The van der Waals surface area contributed by atoms with Gasteiger partial charge in [-0.05, 0) is 31.5 Å². The number of hydrogen-bond acceptors (Lipinski definition) is 6. The number of pyridine rings is 1. The van der Waals surface area contributed by atoms with Gasteiger partial charge in [-0.15, -0.1) is 0 Å². The molecule has 0 spiro atoms. The number of nitrogens with two attached hydrogens (primary N) is 1. The monoisotopic (exact) mass is 475 g/mol. The zero-order valence-corrected chi connectivity index (χ0v) is 17.9. The molecule has 0 radical (unpaired) electrons. The molecule has 1 amide bonds. The summed E-state index contributed by atoms with van der Waals surface area (Å²) in [5, 5.41) is 12.2. The molecule has 1 saturated heterocycles. The van der Waals surface area contributed by atoms with Crippen molar-refractivity contribution >= 4 is 23.3 Å². The summed E-state index contributed by atoms with van der Waals surface area (Å²) < 4.78 is 43.7. The Bertz CT molecular complexity index is 1370. The molecule has 9 nitrogen and oxygen atoms in total. The maximum Gasteiger partial charge on any atom is 0.341 e. The van der Waals surface area contributed by atoms with E-state index in [1.165, 1.54) is 6.92 Å². The molecular formula is C22H20F3N5O4. The van der Waals surface area contributed by atoms with E-state index >= 15 is 4.39 Å². The van der Waals surface area contributed by atoms with Crippen LogP contribution in [0, 0.1) is 17.5 Å². The van der Waals surface area contributed by atoms with Crippen molar-refractivity contribution in [1.29, 1.82) is 0 Å². The van der Waals surface area contributed by atoms with Crippen LogP contribution < -0.4 is 21.5 Å². The van der Waals surface area contributed by atoms with E-state index < -0.39 is 40.6 Å². The zero-order chi connectivity index (χ0) is 24.7. The highest BCUT2D eigenvalue weighted by Crippen LogP contribution is 2.30. The van der Waals surface area contributed by atoms with Crippen LogP contribution in [0.1, 0.15) is 23.7 Å². The fraction of sp³-hybridized carbons (Fsp3) is 0.273. The maximum atomic E-state index is 15.0. The number of hydrogen-bond donors (Lipinski definition) is 3. The summed E-state index contributed by atoms with van der Waals surface area (Å²) in [7, 11) is 0. The maximum absolute atomic E-state index is 15.0. The van der Waals surface area contributed by atoms with E-state index in [9.17, 15) is 28.3 Å². The zero-order valence-electron chi connectivity index (χ0n) is 17.9. The number of benzene rings is 1. The van der Waals surface area contributed by atoms with Gasteiger partial charge in [0.15, 0.2) is 11.6 Å². The molecule has 12 heteroatoms. The molecule has 3 heterocycles. The van der Waals surface area contributed by atoms with Crippen molar-refractivity contribution in [1.82, 2.24) is 14.7 Å². The van der Waals surface area contributed by atoms with Crippen LogP contribution in [-0.4, -0.2) is 51.5 Å². The minimum atomic E-state index is -1.60. The third-order valence-electron chi connectivity index (χ3n) is 5.57. The lowest BCUT2D eigenvalue weighted by Gasteiger charge is -2.20. The van der Waals surface area contributed by atoms with Gasteiger partial charge < -0.3 is 21.1 Å². The predicted octanol–water partition coefficient (Wildman–Crippen LogP) is 1.52. The number of carboxylic acids is 1. The Hall–Kier alpha value is -3.93. The van der Waals surface area contributed by atoms with Crippen molar-refractivity contribution in [2.75, 3.05) is 18.0 Å². The molecule has 34 heavy (non-hydrogen) atoms. The van der Waals surface area contributed by atoms with Gasteiger partial charge in [-0.2, -0.15) is 0 Å². The first-order chi connectivity index (χ1) is 16.1. The highest BCUT2D eigenvalue weighted by Gasteiger charge is 2.29. The lowest BCUT2D eigenvalue weighted by atomic mass is 10.0. The smallest absolute Gasteiger partial charge is 0.341 e. The van der Waals surface area contributed by atoms with Gasteiger partial charge in [-0.1, -0.05) is 0 Å². The molecule has 0 saturated carbocycles.